The molecule has 3 aliphatic heterocycles. The van der Waals surface area contributed by atoms with Gasteiger partial charge in [0.2, 0.25) is 5.82 Å². The van der Waals surface area contributed by atoms with Gasteiger partial charge >= 0.3 is 6.18 Å². The summed E-state index contributed by atoms with van der Waals surface area (Å²) >= 11 is 0. The number of aromatic nitrogens is 2. The minimum absolute atomic E-state index is 0.0290. The van der Waals surface area contributed by atoms with E-state index in [0.717, 1.165) is 32.0 Å². The van der Waals surface area contributed by atoms with Crippen molar-refractivity contribution in [1.82, 2.24) is 20.2 Å². The second-order valence-corrected chi connectivity index (χ2v) is 7.47. The zero-order chi connectivity index (χ0) is 18.5. The summed E-state index contributed by atoms with van der Waals surface area (Å²) in [5.41, 5.74) is -0.979. The summed E-state index contributed by atoms with van der Waals surface area (Å²) in [6.07, 6.45) is -2.74. The van der Waals surface area contributed by atoms with Crippen molar-refractivity contribution < 1.29 is 22.7 Å². The number of carbonyl (C=O) groups excluding carboxylic acids is 1. The van der Waals surface area contributed by atoms with Crippen LogP contribution in [0.15, 0.2) is 6.07 Å². The van der Waals surface area contributed by atoms with Crippen LogP contribution in [-0.4, -0.2) is 59.7 Å². The highest BCUT2D eigenvalue weighted by Crippen LogP contribution is 2.49. The zero-order valence-corrected chi connectivity index (χ0v) is 14.5. The number of piperidine rings is 1. The van der Waals surface area contributed by atoms with E-state index in [2.05, 4.69) is 15.3 Å². The van der Waals surface area contributed by atoms with Gasteiger partial charge in [0, 0.05) is 18.2 Å². The molecule has 0 bridgehead atoms. The molecule has 1 N–H and O–H groups in total. The third kappa shape index (κ3) is 2.87. The van der Waals surface area contributed by atoms with E-state index in [1.54, 1.807) is 4.90 Å². The maximum Gasteiger partial charge on any atom is 0.433 e. The number of amides is 1. The van der Waals surface area contributed by atoms with Gasteiger partial charge in [-0.15, -0.1) is 0 Å². The largest absolute Gasteiger partial charge is 0.433 e. The Hall–Kier alpha value is -1.74. The fourth-order valence-corrected chi connectivity index (χ4v) is 4.62. The van der Waals surface area contributed by atoms with Gasteiger partial charge in [-0.3, -0.25) is 4.79 Å². The molecule has 0 unspecified atom stereocenters. The number of hydrogen-bond acceptors (Lipinski definition) is 5. The van der Waals surface area contributed by atoms with E-state index in [4.69, 9.17) is 4.74 Å². The molecule has 2 atom stereocenters. The topological polar surface area (TPSA) is 67.4 Å². The number of likely N-dealkylation sites (tertiary alicyclic amines) is 1. The summed E-state index contributed by atoms with van der Waals surface area (Å²) in [7, 11) is 0. The highest BCUT2D eigenvalue weighted by Gasteiger charge is 2.56. The Balaban J connectivity index is 1.65. The maximum atomic E-state index is 13.0. The Morgan fingerprint density at radius 2 is 2.04 bits per heavy atom. The number of ether oxygens (including phenoxy) is 1. The van der Waals surface area contributed by atoms with Crippen LogP contribution in [0.5, 0.6) is 0 Å². The number of fused-ring (bicyclic) bond motifs is 2. The molecule has 142 valence electrons. The highest BCUT2D eigenvalue weighted by atomic mass is 19.4. The van der Waals surface area contributed by atoms with E-state index in [1.807, 2.05) is 0 Å². The number of carbonyl (C=O) groups is 1. The van der Waals surface area contributed by atoms with Crippen molar-refractivity contribution in [2.45, 2.75) is 32.0 Å². The van der Waals surface area contributed by atoms with Crippen molar-refractivity contribution in [1.29, 1.82) is 0 Å². The molecule has 1 aromatic rings. The molecule has 4 rings (SSSR count). The summed E-state index contributed by atoms with van der Waals surface area (Å²) < 4.78 is 44.8. The molecule has 0 saturated carbocycles. The van der Waals surface area contributed by atoms with Crippen molar-refractivity contribution >= 4 is 5.91 Å². The fraction of sp³-hybridized carbons (Fsp3) is 0.706. The first-order valence-electron chi connectivity index (χ1n) is 8.82. The lowest BCUT2D eigenvalue weighted by Gasteiger charge is -2.37. The molecular weight excluding hydrogens is 349 g/mol. The molecule has 26 heavy (non-hydrogen) atoms. The van der Waals surface area contributed by atoms with Crippen molar-refractivity contribution in [2.75, 3.05) is 32.8 Å². The van der Waals surface area contributed by atoms with Crippen LogP contribution in [-0.2, 0) is 10.9 Å². The van der Waals surface area contributed by atoms with Crippen LogP contribution in [0.4, 0.5) is 13.2 Å². The van der Waals surface area contributed by atoms with Crippen LogP contribution in [0, 0.1) is 18.3 Å². The van der Waals surface area contributed by atoms with Crippen molar-refractivity contribution in [2.24, 2.45) is 11.3 Å². The van der Waals surface area contributed by atoms with Gasteiger partial charge in [0.05, 0.1) is 19.3 Å². The lowest BCUT2D eigenvalue weighted by atomic mass is 9.70. The van der Waals surface area contributed by atoms with Gasteiger partial charge in [-0.25, -0.2) is 9.97 Å². The van der Waals surface area contributed by atoms with Gasteiger partial charge < -0.3 is 15.0 Å². The average Bonchev–Trinajstić information content (AvgIpc) is 3.18. The van der Waals surface area contributed by atoms with Gasteiger partial charge in [-0.05, 0) is 44.3 Å². The predicted molar refractivity (Wildman–Crippen MR) is 85.4 cm³/mol. The third-order valence-electron chi connectivity index (χ3n) is 5.92. The standard InChI is InChI=1S/C17H21F3N4O2/c1-10-6-13(17(18,19)20)23-14(22-10)15(25)24-9-16(2-4-21-5-3-16)11-7-26-8-12(11)24/h6,11-12,21H,2-5,7-9H2,1H3/t11-,12+/m0/s1. The van der Waals surface area contributed by atoms with E-state index in [-0.39, 0.29) is 28.9 Å². The van der Waals surface area contributed by atoms with Crippen LogP contribution in [0.3, 0.4) is 0 Å². The van der Waals surface area contributed by atoms with Crippen molar-refractivity contribution in [3.05, 3.63) is 23.3 Å². The molecule has 1 aromatic heterocycles. The normalized spacial score (nSPS) is 27.8. The van der Waals surface area contributed by atoms with Crippen LogP contribution in [0.2, 0.25) is 0 Å². The number of aryl methyl sites for hydroxylation is 1. The van der Waals surface area contributed by atoms with E-state index in [9.17, 15) is 18.0 Å². The number of hydrogen-bond donors (Lipinski definition) is 1. The molecule has 1 spiro atoms. The molecule has 4 heterocycles. The highest BCUT2D eigenvalue weighted by molar-refractivity contribution is 5.91. The van der Waals surface area contributed by atoms with Gasteiger partial charge in [0.15, 0.2) is 0 Å². The summed E-state index contributed by atoms with van der Waals surface area (Å²) in [4.78, 5) is 22.2. The number of nitrogens with zero attached hydrogens (tertiary/aromatic N) is 3. The quantitative estimate of drug-likeness (QED) is 0.814. The van der Waals surface area contributed by atoms with E-state index in [1.165, 1.54) is 6.92 Å². The van der Waals surface area contributed by atoms with Crippen molar-refractivity contribution in [3.63, 3.8) is 0 Å². The average molecular weight is 370 g/mol. The number of alkyl halides is 3. The van der Waals surface area contributed by atoms with Crippen LogP contribution >= 0.6 is 0 Å². The monoisotopic (exact) mass is 370 g/mol. The Kier molecular flexibility index (Phi) is 4.18. The van der Waals surface area contributed by atoms with E-state index in [0.29, 0.717) is 19.8 Å². The van der Waals surface area contributed by atoms with Gasteiger partial charge in [-0.1, -0.05) is 0 Å². The first-order chi connectivity index (χ1) is 12.3. The van der Waals surface area contributed by atoms with Crippen LogP contribution in [0.1, 0.15) is 34.8 Å². The first-order valence-corrected chi connectivity index (χ1v) is 8.82. The molecule has 1 amide bonds. The number of nitrogens with one attached hydrogen (secondary N) is 1. The summed E-state index contributed by atoms with van der Waals surface area (Å²) in [6, 6.07) is 0.746. The minimum Gasteiger partial charge on any atom is -0.379 e. The van der Waals surface area contributed by atoms with Crippen molar-refractivity contribution in [3.8, 4) is 0 Å². The maximum absolute atomic E-state index is 13.0. The SMILES string of the molecule is Cc1cc(C(F)(F)F)nc(C(=O)N2CC3(CCNCC3)[C@H]3COC[C@H]32)n1. The lowest BCUT2D eigenvalue weighted by molar-refractivity contribution is -0.141. The predicted octanol–water partition coefficient (Wildman–Crippen LogP) is 1.64. The molecule has 6 nitrogen and oxygen atoms in total. The summed E-state index contributed by atoms with van der Waals surface area (Å²) in [5, 5.41) is 3.33. The van der Waals surface area contributed by atoms with Gasteiger partial charge in [0.25, 0.3) is 5.91 Å². The minimum atomic E-state index is -4.61. The third-order valence-corrected chi connectivity index (χ3v) is 5.92. The summed E-state index contributed by atoms with van der Waals surface area (Å²) in [6.45, 7) is 4.74. The van der Waals surface area contributed by atoms with E-state index < -0.39 is 17.8 Å². The number of rotatable bonds is 1. The fourth-order valence-electron chi connectivity index (χ4n) is 4.62. The van der Waals surface area contributed by atoms with Crippen LogP contribution < -0.4 is 5.32 Å². The summed E-state index contributed by atoms with van der Waals surface area (Å²) in [5.74, 6) is -0.690. The first kappa shape index (κ1) is 17.7. The van der Waals surface area contributed by atoms with Gasteiger partial charge in [-0.2, -0.15) is 13.2 Å². The molecule has 3 fully saturated rings. The van der Waals surface area contributed by atoms with Crippen LogP contribution in [0.25, 0.3) is 0 Å². The Labute approximate surface area is 149 Å². The Bertz CT molecular complexity index is 718. The molecular formula is C17H21F3N4O2. The lowest BCUT2D eigenvalue weighted by Crippen LogP contribution is -2.43. The molecule has 0 aromatic carbocycles. The smallest absolute Gasteiger partial charge is 0.379 e. The Morgan fingerprint density at radius 1 is 1.31 bits per heavy atom. The zero-order valence-electron chi connectivity index (χ0n) is 14.5. The van der Waals surface area contributed by atoms with Gasteiger partial charge in [0.1, 0.15) is 5.69 Å². The molecule has 3 aliphatic rings. The molecule has 3 saturated heterocycles. The second kappa shape index (κ2) is 6.16. The van der Waals surface area contributed by atoms with E-state index >= 15 is 0 Å². The molecule has 0 radical (unpaired) electrons. The second-order valence-electron chi connectivity index (χ2n) is 7.47. The molecule has 9 heteroatoms. The number of halogens is 3. The Morgan fingerprint density at radius 3 is 2.73 bits per heavy atom. The molecule has 0 aliphatic carbocycles.